The fraction of sp³-hybridized carbons (Fsp3) is 0.267. The molecule has 0 saturated carbocycles. The molecular weight excluding hydrogens is 434 g/mol. The van der Waals surface area contributed by atoms with E-state index in [0.717, 1.165) is 23.1 Å². The molecule has 0 saturated heterocycles. The highest BCUT2D eigenvalue weighted by Crippen LogP contribution is 2.29. The van der Waals surface area contributed by atoms with Crippen molar-refractivity contribution in [2.45, 2.75) is 32.2 Å². The Labute approximate surface area is 207 Å². The minimum Gasteiger partial charge on any atom is -0.351 e. The lowest BCUT2D eigenvalue weighted by Crippen LogP contribution is -2.41. The first kappa shape index (κ1) is 24.3. The first-order valence-electron chi connectivity index (χ1n) is 12.0. The highest BCUT2D eigenvalue weighted by Gasteiger charge is 2.25. The number of hydrogen-bond donors (Lipinski definition) is 1. The number of amides is 2. The van der Waals surface area contributed by atoms with Gasteiger partial charge in [-0.2, -0.15) is 0 Å². The predicted molar refractivity (Wildman–Crippen MR) is 141 cm³/mol. The summed E-state index contributed by atoms with van der Waals surface area (Å²) in [4.78, 5) is 28.2. The standard InChI is InChI=1S/C30H33N3O2/c1-21-12-14-25-26(15-13-22(2)27(25)19-21)30(35)33(4)24(20-23-9-6-5-7-10-23)16-17-31-29(34)28-11-8-18-32(28)3/h5-15,18,24H,1,16-17,19-20H2,2-4H3,(H,31,34)/t24-/m1/s1. The summed E-state index contributed by atoms with van der Waals surface area (Å²) in [6.07, 6.45) is 7.99. The summed E-state index contributed by atoms with van der Waals surface area (Å²) in [6.45, 7) is 6.65. The Bertz CT molecular complexity index is 1270. The normalized spacial score (nSPS) is 13.3. The van der Waals surface area contributed by atoms with Crippen molar-refractivity contribution in [2.75, 3.05) is 13.6 Å². The number of carbonyl (C=O) groups excluding carboxylic acids is 2. The Morgan fingerprint density at radius 3 is 2.57 bits per heavy atom. The van der Waals surface area contributed by atoms with Crippen molar-refractivity contribution in [1.82, 2.24) is 14.8 Å². The molecule has 1 aromatic heterocycles. The summed E-state index contributed by atoms with van der Waals surface area (Å²) < 4.78 is 1.80. The largest absolute Gasteiger partial charge is 0.351 e. The molecule has 1 heterocycles. The van der Waals surface area contributed by atoms with E-state index >= 15 is 0 Å². The van der Waals surface area contributed by atoms with Crippen LogP contribution in [-0.4, -0.2) is 40.9 Å². The van der Waals surface area contributed by atoms with Gasteiger partial charge in [-0.3, -0.25) is 9.59 Å². The van der Waals surface area contributed by atoms with Gasteiger partial charge >= 0.3 is 0 Å². The number of benzene rings is 2. The number of aryl methyl sites for hydroxylation is 2. The van der Waals surface area contributed by atoms with E-state index in [1.165, 1.54) is 11.1 Å². The number of carbonyl (C=O) groups is 2. The van der Waals surface area contributed by atoms with E-state index in [-0.39, 0.29) is 17.9 Å². The van der Waals surface area contributed by atoms with Crippen molar-refractivity contribution >= 4 is 17.9 Å². The number of nitrogens with one attached hydrogen (secondary N) is 1. The summed E-state index contributed by atoms with van der Waals surface area (Å²) >= 11 is 0. The third kappa shape index (κ3) is 5.46. The maximum Gasteiger partial charge on any atom is 0.267 e. The van der Waals surface area contributed by atoms with E-state index < -0.39 is 0 Å². The molecule has 5 heteroatoms. The monoisotopic (exact) mass is 467 g/mol. The molecule has 4 rings (SSSR count). The average Bonchev–Trinajstić information content (AvgIpc) is 3.29. The number of rotatable bonds is 8. The van der Waals surface area contributed by atoms with Gasteiger partial charge in [0.15, 0.2) is 0 Å². The maximum absolute atomic E-state index is 13.7. The van der Waals surface area contributed by atoms with Crippen LogP contribution in [-0.2, 0) is 19.9 Å². The van der Waals surface area contributed by atoms with E-state index in [0.29, 0.717) is 30.6 Å². The van der Waals surface area contributed by atoms with Crippen molar-refractivity contribution in [3.8, 4) is 0 Å². The lowest BCUT2D eigenvalue weighted by Gasteiger charge is -2.30. The van der Waals surface area contributed by atoms with E-state index in [1.807, 2.05) is 73.7 Å². The lowest BCUT2D eigenvalue weighted by atomic mass is 9.87. The molecule has 1 atom stereocenters. The molecule has 0 unspecified atom stereocenters. The topological polar surface area (TPSA) is 54.3 Å². The van der Waals surface area contributed by atoms with E-state index in [9.17, 15) is 9.59 Å². The van der Waals surface area contributed by atoms with Gasteiger partial charge in [0.1, 0.15) is 5.69 Å². The van der Waals surface area contributed by atoms with Crippen molar-refractivity contribution in [1.29, 1.82) is 0 Å². The molecule has 0 spiro atoms. The van der Waals surface area contributed by atoms with Gasteiger partial charge in [-0.05, 0) is 66.6 Å². The van der Waals surface area contributed by atoms with Gasteiger partial charge in [0.05, 0.1) is 0 Å². The molecule has 0 fully saturated rings. The molecule has 1 aliphatic carbocycles. The second-order valence-corrected chi connectivity index (χ2v) is 9.30. The van der Waals surface area contributed by atoms with E-state index in [4.69, 9.17) is 0 Å². The third-order valence-corrected chi connectivity index (χ3v) is 6.83. The summed E-state index contributed by atoms with van der Waals surface area (Å²) in [7, 11) is 3.72. The molecule has 2 aromatic carbocycles. The summed E-state index contributed by atoms with van der Waals surface area (Å²) in [5, 5.41) is 3.02. The zero-order chi connectivity index (χ0) is 24.9. The molecule has 1 aliphatic rings. The van der Waals surface area contributed by atoms with Crippen LogP contribution in [0.4, 0.5) is 0 Å². The van der Waals surface area contributed by atoms with Crippen molar-refractivity contribution in [3.05, 3.63) is 113 Å². The molecule has 0 bridgehead atoms. The van der Waals surface area contributed by atoms with Gasteiger partial charge in [0.25, 0.3) is 11.8 Å². The van der Waals surface area contributed by atoms with Crippen LogP contribution < -0.4 is 5.32 Å². The zero-order valence-corrected chi connectivity index (χ0v) is 20.8. The average molecular weight is 468 g/mol. The molecule has 0 aliphatic heterocycles. The number of fused-ring (bicyclic) bond motifs is 1. The first-order chi connectivity index (χ1) is 16.8. The number of hydrogen-bond acceptors (Lipinski definition) is 2. The Hall–Kier alpha value is -3.86. The van der Waals surface area contributed by atoms with Crippen LogP contribution in [0.2, 0.25) is 0 Å². The number of likely N-dealkylation sites (N-methyl/N-ethyl adjacent to an activating group) is 1. The fourth-order valence-corrected chi connectivity index (χ4v) is 4.69. The van der Waals surface area contributed by atoms with E-state index in [1.54, 1.807) is 10.6 Å². The van der Waals surface area contributed by atoms with Crippen LogP contribution >= 0.6 is 0 Å². The highest BCUT2D eigenvalue weighted by atomic mass is 16.2. The third-order valence-electron chi connectivity index (χ3n) is 6.83. The minimum absolute atomic E-state index is 0.00638. The molecule has 5 nitrogen and oxygen atoms in total. The van der Waals surface area contributed by atoms with Crippen LogP contribution in [0.25, 0.3) is 6.08 Å². The van der Waals surface area contributed by atoms with E-state index in [2.05, 4.69) is 31.0 Å². The number of aromatic nitrogens is 1. The van der Waals surface area contributed by atoms with Crippen LogP contribution in [0, 0.1) is 6.92 Å². The summed E-state index contributed by atoms with van der Waals surface area (Å²) in [5.74, 6) is -0.115. The van der Waals surface area contributed by atoms with Crippen LogP contribution in [0.15, 0.2) is 79.0 Å². The lowest BCUT2D eigenvalue weighted by molar-refractivity contribution is 0.0722. The van der Waals surface area contributed by atoms with Crippen LogP contribution in [0.3, 0.4) is 0 Å². The molecular formula is C30H33N3O2. The Kier molecular flexibility index (Phi) is 7.35. The predicted octanol–water partition coefficient (Wildman–Crippen LogP) is 4.96. The molecule has 0 radical (unpaired) electrons. The van der Waals surface area contributed by atoms with Gasteiger partial charge in [-0.15, -0.1) is 0 Å². The zero-order valence-electron chi connectivity index (χ0n) is 20.8. The molecule has 2 amide bonds. The summed E-state index contributed by atoms with van der Waals surface area (Å²) in [5.41, 5.74) is 6.88. The highest BCUT2D eigenvalue weighted by molar-refractivity contribution is 5.99. The van der Waals surface area contributed by atoms with Crippen molar-refractivity contribution in [3.63, 3.8) is 0 Å². The van der Waals surface area contributed by atoms with Crippen LogP contribution in [0.5, 0.6) is 0 Å². The van der Waals surface area contributed by atoms with Gasteiger partial charge in [-0.25, -0.2) is 0 Å². The summed E-state index contributed by atoms with van der Waals surface area (Å²) in [6, 6.07) is 17.7. The Morgan fingerprint density at radius 2 is 1.86 bits per heavy atom. The smallest absolute Gasteiger partial charge is 0.267 e. The number of nitrogens with zero attached hydrogens (tertiary/aromatic N) is 2. The quantitative estimate of drug-likeness (QED) is 0.509. The minimum atomic E-state index is -0.108. The van der Waals surface area contributed by atoms with Gasteiger partial charge in [0, 0.05) is 38.4 Å². The van der Waals surface area contributed by atoms with Gasteiger partial charge < -0.3 is 14.8 Å². The molecule has 35 heavy (non-hydrogen) atoms. The Balaban J connectivity index is 1.54. The Morgan fingerprint density at radius 1 is 1.09 bits per heavy atom. The molecule has 3 aromatic rings. The molecule has 180 valence electrons. The maximum atomic E-state index is 13.7. The second kappa shape index (κ2) is 10.6. The van der Waals surface area contributed by atoms with Gasteiger partial charge in [-0.1, -0.05) is 60.7 Å². The number of allylic oxidation sites excluding steroid dienone is 2. The first-order valence-corrected chi connectivity index (χ1v) is 12.0. The van der Waals surface area contributed by atoms with Crippen molar-refractivity contribution in [2.24, 2.45) is 7.05 Å². The SMILES string of the molecule is C=C1C=Cc2c(C(=O)N(C)[C@H](CCNC(=O)c3cccn3C)Cc3ccccc3)ccc(C)c2C1. The molecule has 1 N–H and O–H groups in total. The van der Waals surface area contributed by atoms with Crippen molar-refractivity contribution < 1.29 is 9.59 Å². The fourth-order valence-electron chi connectivity index (χ4n) is 4.69. The van der Waals surface area contributed by atoms with Gasteiger partial charge in [0.2, 0.25) is 0 Å². The second-order valence-electron chi connectivity index (χ2n) is 9.30. The van der Waals surface area contributed by atoms with Crippen LogP contribution in [0.1, 0.15) is 49.5 Å².